The van der Waals surface area contributed by atoms with Crippen LogP contribution in [0.4, 0.5) is 5.69 Å². The molecule has 0 bridgehead atoms. The molecule has 0 saturated carbocycles. The van der Waals surface area contributed by atoms with E-state index in [1.165, 1.54) is 6.20 Å². The van der Waals surface area contributed by atoms with Gasteiger partial charge in [-0.05, 0) is 40.0 Å². The summed E-state index contributed by atoms with van der Waals surface area (Å²) in [6.07, 6.45) is 1.52. The minimum Gasteiger partial charge on any atom is -0.383 e. The quantitative estimate of drug-likeness (QED) is 0.906. The second kappa shape index (κ2) is 6.29. The maximum absolute atomic E-state index is 12.9. The molecule has 0 aliphatic carbocycles. The van der Waals surface area contributed by atoms with Crippen molar-refractivity contribution in [2.75, 3.05) is 32.0 Å². The van der Waals surface area contributed by atoms with E-state index in [0.717, 1.165) is 0 Å². The Morgan fingerprint density at radius 1 is 1.33 bits per heavy atom. The highest BCUT2D eigenvalue weighted by Gasteiger charge is 2.36. The summed E-state index contributed by atoms with van der Waals surface area (Å²) >= 11 is 0. The van der Waals surface area contributed by atoms with E-state index in [9.17, 15) is 8.42 Å². The maximum atomic E-state index is 12.9. The van der Waals surface area contributed by atoms with Gasteiger partial charge >= 0.3 is 0 Å². The van der Waals surface area contributed by atoms with Crippen molar-refractivity contribution in [3.8, 4) is 0 Å². The number of nitrogens with one attached hydrogen (secondary N) is 1. The first-order valence-corrected chi connectivity index (χ1v) is 8.73. The Morgan fingerprint density at radius 2 is 1.95 bits per heavy atom. The van der Waals surface area contributed by atoms with Crippen LogP contribution >= 0.6 is 0 Å². The lowest BCUT2D eigenvalue weighted by Gasteiger charge is -2.41. The molecule has 0 aromatic carbocycles. The molecule has 6 nitrogen and oxygen atoms in total. The Labute approximate surface area is 127 Å². The molecule has 2 heterocycles. The van der Waals surface area contributed by atoms with Gasteiger partial charge in [-0.15, -0.1) is 0 Å². The van der Waals surface area contributed by atoms with E-state index in [0.29, 0.717) is 25.3 Å². The summed E-state index contributed by atoms with van der Waals surface area (Å²) in [4.78, 5) is 6.31. The molecule has 0 radical (unpaired) electrons. The Kier molecular flexibility index (Phi) is 4.85. The molecule has 1 aromatic heterocycles. The van der Waals surface area contributed by atoms with E-state index < -0.39 is 10.0 Å². The molecule has 2 unspecified atom stereocenters. The van der Waals surface area contributed by atoms with Crippen LogP contribution in [0.25, 0.3) is 0 Å². The van der Waals surface area contributed by atoms with Crippen molar-refractivity contribution in [1.29, 1.82) is 0 Å². The van der Waals surface area contributed by atoms with Gasteiger partial charge < -0.3 is 5.32 Å². The van der Waals surface area contributed by atoms with Crippen molar-refractivity contribution in [3.63, 3.8) is 0 Å². The van der Waals surface area contributed by atoms with Gasteiger partial charge in [-0.3, -0.25) is 4.90 Å². The minimum absolute atomic E-state index is 0.121. The van der Waals surface area contributed by atoms with E-state index in [1.54, 1.807) is 16.4 Å². The first-order chi connectivity index (χ1) is 9.87. The van der Waals surface area contributed by atoms with Gasteiger partial charge in [-0.25, -0.2) is 13.4 Å². The van der Waals surface area contributed by atoms with Gasteiger partial charge in [0.2, 0.25) is 0 Å². The predicted octanol–water partition coefficient (Wildman–Crippen LogP) is 1.23. The smallest absolute Gasteiger partial charge is 0.262 e. The predicted molar refractivity (Wildman–Crippen MR) is 83.8 cm³/mol. The van der Waals surface area contributed by atoms with Gasteiger partial charge in [0.1, 0.15) is 0 Å². The SMILES string of the molecule is CCNc1cccnc1S(=O)(=O)N1CC(C)N(C)C(C)C1. The molecule has 2 atom stereocenters. The van der Waals surface area contributed by atoms with Gasteiger partial charge in [0.05, 0.1) is 5.69 Å². The highest BCUT2D eigenvalue weighted by Crippen LogP contribution is 2.25. The third-order valence-electron chi connectivity index (χ3n) is 4.05. The summed E-state index contributed by atoms with van der Waals surface area (Å²) in [6, 6.07) is 3.88. The summed E-state index contributed by atoms with van der Waals surface area (Å²) in [7, 11) is -1.54. The molecule has 0 spiro atoms. The standard InChI is InChI=1S/C14H24N4O2S/c1-5-15-13-7-6-8-16-14(13)21(19,20)18-9-11(2)17(4)12(3)10-18/h6-8,11-12,15H,5,9-10H2,1-4H3. The number of likely N-dealkylation sites (N-methyl/N-ethyl adjacent to an activating group) is 1. The summed E-state index contributed by atoms with van der Waals surface area (Å²) in [5.74, 6) is 0. The number of aromatic nitrogens is 1. The van der Waals surface area contributed by atoms with Crippen LogP contribution in [-0.4, -0.2) is 61.4 Å². The van der Waals surface area contributed by atoms with Crippen LogP contribution in [-0.2, 0) is 10.0 Å². The van der Waals surface area contributed by atoms with Crippen LogP contribution in [0.5, 0.6) is 0 Å². The zero-order valence-corrected chi connectivity index (χ0v) is 13.9. The van der Waals surface area contributed by atoms with E-state index in [2.05, 4.69) is 15.2 Å². The van der Waals surface area contributed by atoms with Crippen molar-refractivity contribution < 1.29 is 8.42 Å². The lowest BCUT2D eigenvalue weighted by molar-refractivity contribution is 0.105. The average molecular weight is 312 g/mol. The van der Waals surface area contributed by atoms with Gasteiger partial charge in [-0.1, -0.05) is 0 Å². The molecule has 1 N–H and O–H groups in total. The molecule has 118 valence electrons. The Bertz CT molecular complexity index is 578. The normalized spacial score (nSPS) is 25.0. The largest absolute Gasteiger partial charge is 0.383 e. The van der Waals surface area contributed by atoms with Crippen LogP contribution < -0.4 is 5.32 Å². The molecule has 1 aliphatic heterocycles. The highest BCUT2D eigenvalue weighted by atomic mass is 32.2. The molecule has 2 rings (SSSR count). The number of pyridine rings is 1. The van der Waals surface area contributed by atoms with Crippen LogP contribution in [0.2, 0.25) is 0 Å². The molecule has 7 heteroatoms. The number of hydrogen-bond acceptors (Lipinski definition) is 5. The van der Waals surface area contributed by atoms with Crippen molar-refractivity contribution in [3.05, 3.63) is 18.3 Å². The molecular formula is C14H24N4O2S. The van der Waals surface area contributed by atoms with Gasteiger partial charge in [0, 0.05) is 37.9 Å². The highest BCUT2D eigenvalue weighted by molar-refractivity contribution is 7.89. The Hall–Kier alpha value is -1.18. The van der Waals surface area contributed by atoms with E-state index >= 15 is 0 Å². The molecule has 1 fully saturated rings. The van der Waals surface area contributed by atoms with Crippen molar-refractivity contribution in [2.45, 2.75) is 37.9 Å². The summed E-state index contributed by atoms with van der Waals surface area (Å²) < 4.78 is 27.3. The minimum atomic E-state index is -3.57. The Morgan fingerprint density at radius 3 is 2.52 bits per heavy atom. The molecule has 0 amide bonds. The fourth-order valence-electron chi connectivity index (χ4n) is 2.60. The first kappa shape index (κ1) is 16.2. The summed E-state index contributed by atoms with van der Waals surface area (Å²) in [5.41, 5.74) is 0.569. The number of nitrogens with zero attached hydrogens (tertiary/aromatic N) is 3. The second-order valence-corrected chi connectivity index (χ2v) is 7.43. The zero-order chi connectivity index (χ0) is 15.6. The van der Waals surface area contributed by atoms with Crippen molar-refractivity contribution >= 4 is 15.7 Å². The van der Waals surface area contributed by atoms with E-state index in [4.69, 9.17) is 0 Å². The lowest BCUT2D eigenvalue weighted by atomic mass is 10.1. The molecule has 1 aromatic rings. The third kappa shape index (κ3) is 3.20. The average Bonchev–Trinajstić information content (AvgIpc) is 2.45. The summed E-state index contributed by atoms with van der Waals surface area (Å²) in [5, 5.41) is 3.19. The monoisotopic (exact) mass is 312 g/mol. The molecule has 1 aliphatic rings. The number of piperazine rings is 1. The molecule has 1 saturated heterocycles. The van der Waals surface area contributed by atoms with Crippen LogP contribution in [0.15, 0.2) is 23.4 Å². The maximum Gasteiger partial charge on any atom is 0.262 e. The van der Waals surface area contributed by atoms with Gasteiger partial charge in [0.25, 0.3) is 10.0 Å². The van der Waals surface area contributed by atoms with Crippen LogP contribution in [0, 0.1) is 0 Å². The number of hydrogen-bond donors (Lipinski definition) is 1. The fourth-order valence-corrected chi connectivity index (χ4v) is 4.28. The van der Waals surface area contributed by atoms with Crippen LogP contribution in [0.3, 0.4) is 0 Å². The van der Waals surface area contributed by atoms with E-state index in [1.807, 2.05) is 27.8 Å². The Balaban J connectivity index is 2.34. The van der Waals surface area contributed by atoms with Crippen molar-refractivity contribution in [1.82, 2.24) is 14.2 Å². The number of anilines is 1. The van der Waals surface area contributed by atoms with Gasteiger partial charge in [0.15, 0.2) is 5.03 Å². The fraction of sp³-hybridized carbons (Fsp3) is 0.643. The lowest BCUT2D eigenvalue weighted by Crippen LogP contribution is -2.56. The molecular weight excluding hydrogens is 288 g/mol. The topological polar surface area (TPSA) is 65.5 Å². The zero-order valence-electron chi connectivity index (χ0n) is 13.1. The first-order valence-electron chi connectivity index (χ1n) is 7.29. The number of sulfonamides is 1. The van der Waals surface area contributed by atoms with Crippen molar-refractivity contribution in [2.24, 2.45) is 0 Å². The third-order valence-corrected chi connectivity index (χ3v) is 5.84. The van der Waals surface area contributed by atoms with Crippen LogP contribution in [0.1, 0.15) is 20.8 Å². The summed E-state index contributed by atoms with van der Waals surface area (Å²) in [6.45, 7) is 7.66. The van der Waals surface area contributed by atoms with Gasteiger partial charge in [-0.2, -0.15) is 4.31 Å². The number of rotatable bonds is 4. The molecule has 21 heavy (non-hydrogen) atoms. The second-order valence-electron chi connectivity index (χ2n) is 5.57. The van der Waals surface area contributed by atoms with E-state index in [-0.39, 0.29) is 17.1 Å².